The van der Waals surface area contributed by atoms with Gasteiger partial charge in [0.2, 0.25) is 5.78 Å². The summed E-state index contributed by atoms with van der Waals surface area (Å²) in [5, 5.41) is 11.3. The quantitative estimate of drug-likeness (QED) is 0.664. The van der Waals surface area contributed by atoms with Crippen LogP contribution in [0.3, 0.4) is 0 Å². The highest BCUT2D eigenvalue weighted by molar-refractivity contribution is 7.14. The van der Waals surface area contributed by atoms with Gasteiger partial charge in [-0.3, -0.25) is 14.6 Å². The van der Waals surface area contributed by atoms with E-state index in [9.17, 15) is 14.7 Å². The van der Waals surface area contributed by atoms with Gasteiger partial charge in [-0.1, -0.05) is 6.07 Å². The second kappa shape index (κ2) is 7.05. The fraction of sp³-hybridized carbons (Fsp3) is 0.200. The molecule has 1 atom stereocenters. The molecule has 3 aromatic rings. The summed E-state index contributed by atoms with van der Waals surface area (Å²) in [6.45, 7) is 3.72. The summed E-state index contributed by atoms with van der Waals surface area (Å²) in [6, 6.07) is 6.14. The topological polar surface area (TPSA) is 96.5 Å². The van der Waals surface area contributed by atoms with Crippen molar-refractivity contribution < 1.29 is 19.1 Å². The maximum Gasteiger partial charge on any atom is 0.290 e. The lowest BCUT2D eigenvalue weighted by Gasteiger charge is -2.24. The molecule has 1 N–H and O–H groups in total. The number of nitrogens with zero attached hydrogens (tertiary/aromatic N) is 3. The zero-order chi connectivity index (χ0) is 19.8. The van der Waals surface area contributed by atoms with E-state index < -0.39 is 23.5 Å². The Morgan fingerprint density at radius 2 is 2.14 bits per heavy atom. The second-order valence-corrected chi connectivity index (χ2v) is 7.65. The van der Waals surface area contributed by atoms with E-state index in [4.69, 9.17) is 4.42 Å². The third-order valence-electron chi connectivity index (χ3n) is 4.55. The fourth-order valence-electron chi connectivity index (χ4n) is 3.34. The number of ketones is 1. The van der Waals surface area contributed by atoms with E-state index in [0.717, 1.165) is 10.6 Å². The van der Waals surface area contributed by atoms with Gasteiger partial charge in [0.05, 0.1) is 27.4 Å². The second-order valence-electron chi connectivity index (χ2n) is 6.45. The third-order valence-corrected chi connectivity index (χ3v) is 5.62. The summed E-state index contributed by atoms with van der Waals surface area (Å²) in [4.78, 5) is 36.3. The molecule has 1 aliphatic heterocycles. The molecule has 0 bridgehead atoms. The first-order valence-corrected chi connectivity index (χ1v) is 9.44. The zero-order valence-electron chi connectivity index (χ0n) is 15.2. The molecule has 4 heterocycles. The van der Waals surface area contributed by atoms with Crippen LogP contribution in [0.4, 0.5) is 0 Å². The summed E-state index contributed by atoms with van der Waals surface area (Å²) in [5.41, 5.74) is 1.36. The van der Waals surface area contributed by atoms with Crippen LogP contribution in [0.5, 0.6) is 0 Å². The van der Waals surface area contributed by atoms with Crippen molar-refractivity contribution in [2.75, 3.05) is 0 Å². The molecule has 0 spiro atoms. The van der Waals surface area contributed by atoms with Crippen LogP contribution in [0, 0.1) is 13.8 Å². The zero-order valence-corrected chi connectivity index (χ0v) is 16.1. The molecule has 7 nitrogen and oxygen atoms in total. The predicted octanol–water partition coefficient (Wildman–Crippen LogP) is 3.53. The van der Waals surface area contributed by atoms with E-state index in [1.165, 1.54) is 22.5 Å². The van der Waals surface area contributed by atoms with Crippen molar-refractivity contribution in [1.29, 1.82) is 0 Å². The first-order chi connectivity index (χ1) is 13.5. The molecule has 28 heavy (non-hydrogen) atoms. The molecule has 8 heteroatoms. The number of Topliss-reactive ketones (excluding diaryl/α,β-unsaturated/α-hetero) is 1. The number of carbonyl (C=O) groups is 2. The van der Waals surface area contributed by atoms with E-state index in [2.05, 4.69) is 9.97 Å². The average Bonchev–Trinajstić information content (AvgIpc) is 3.37. The molecule has 0 saturated carbocycles. The minimum Gasteiger partial charge on any atom is -0.503 e. The van der Waals surface area contributed by atoms with Crippen LogP contribution in [-0.4, -0.2) is 31.7 Å². The molecule has 0 aliphatic carbocycles. The number of aromatic nitrogens is 2. The average molecular weight is 395 g/mol. The van der Waals surface area contributed by atoms with Crippen molar-refractivity contribution in [3.05, 3.63) is 81.2 Å². The van der Waals surface area contributed by atoms with Gasteiger partial charge in [-0.25, -0.2) is 4.98 Å². The molecule has 0 saturated heterocycles. The van der Waals surface area contributed by atoms with Gasteiger partial charge in [0.25, 0.3) is 5.91 Å². The molecular weight excluding hydrogens is 378 g/mol. The van der Waals surface area contributed by atoms with Crippen molar-refractivity contribution in [2.45, 2.75) is 26.4 Å². The largest absolute Gasteiger partial charge is 0.503 e. The number of thiazole rings is 1. The molecule has 0 radical (unpaired) electrons. The Hall–Kier alpha value is -3.26. The fourth-order valence-corrected chi connectivity index (χ4v) is 4.22. The Kier molecular flexibility index (Phi) is 4.56. The smallest absolute Gasteiger partial charge is 0.290 e. The highest BCUT2D eigenvalue weighted by atomic mass is 32.1. The molecule has 142 valence electrons. The lowest BCUT2D eigenvalue weighted by molar-refractivity contribution is -0.130. The SMILES string of the molecule is Cc1nc(C)c(C(=O)C2=C(O)C(=O)N(Cc3cccnc3)[C@H]2c2ccco2)s1. The van der Waals surface area contributed by atoms with Gasteiger partial charge in [0.15, 0.2) is 5.76 Å². The summed E-state index contributed by atoms with van der Waals surface area (Å²) in [7, 11) is 0. The molecule has 3 aromatic heterocycles. The van der Waals surface area contributed by atoms with Crippen LogP contribution in [0.2, 0.25) is 0 Å². The Morgan fingerprint density at radius 3 is 2.75 bits per heavy atom. The summed E-state index contributed by atoms with van der Waals surface area (Å²) >= 11 is 1.24. The van der Waals surface area contributed by atoms with Crippen LogP contribution < -0.4 is 0 Å². The van der Waals surface area contributed by atoms with E-state index >= 15 is 0 Å². The maximum atomic E-state index is 13.3. The van der Waals surface area contributed by atoms with Crippen molar-refractivity contribution >= 4 is 23.0 Å². The first-order valence-electron chi connectivity index (χ1n) is 8.62. The number of pyridine rings is 1. The highest BCUT2D eigenvalue weighted by Crippen LogP contribution is 2.41. The van der Waals surface area contributed by atoms with Crippen molar-refractivity contribution in [1.82, 2.24) is 14.9 Å². The standard InChI is InChI=1S/C20H17N3O4S/c1-11-19(28-12(2)22-11)17(24)15-16(14-6-4-8-27-14)23(20(26)18(15)25)10-13-5-3-7-21-9-13/h3-9,16,25H,10H2,1-2H3/t16-/m0/s1. The number of aryl methyl sites for hydroxylation is 2. The van der Waals surface area contributed by atoms with Crippen molar-refractivity contribution in [2.24, 2.45) is 0 Å². The summed E-state index contributed by atoms with van der Waals surface area (Å²) in [6.07, 6.45) is 4.75. The van der Waals surface area contributed by atoms with Crippen molar-refractivity contribution in [3.8, 4) is 0 Å². The molecule has 0 aromatic carbocycles. The normalized spacial score (nSPS) is 16.9. The van der Waals surface area contributed by atoms with Gasteiger partial charge < -0.3 is 14.4 Å². The lowest BCUT2D eigenvalue weighted by Crippen LogP contribution is -2.30. The number of hydrogen-bond donors (Lipinski definition) is 1. The molecule has 0 unspecified atom stereocenters. The van der Waals surface area contributed by atoms with Crippen LogP contribution in [0.15, 0.2) is 58.7 Å². The third kappa shape index (κ3) is 3.01. The van der Waals surface area contributed by atoms with Crippen molar-refractivity contribution in [3.63, 3.8) is 0 Å². The van der Waals surface area contributed by atoms with Crippen LogP contribution in [-0.2, 0) is 11.3 Å². The predicted molar refractivity (Wildman–Crippen MR) is 102 cm³/mol. The Labute approximate surface area is 165 Å². The number of amides is 1. The van der Waals surface area contributed by atoms with E-state index in [0.29, 0.717) is 16.3 Å². The van der Waals surface area contributed by atoms with Crippen LogP contribution >= 0.6 is 11.3 Å². The Bertz CT molecular complexity index is 1070. The minimum atomic E-state index is -0.822. The van der Waals surface area contributed by atoms with Gasteiger partial charge >= 0.3 is 0 Å². The highest BCUT2D eigenvalue weighted by Gasteiger charge is 2.45. The molecule has 1 amide bonds. The van der Waals surface area contributed by atoms with Gasteiger partial charge in [-0.15, -0.1) is 11.3 Å². The molecule has 4 rings (SSSR count). The number of aliphatic hydroxyl groups excluding tert-OH is 1. The summed E-state index contributed by atoms with van der Waals surface area (Å²) < 4.78 is 5.51. The monoisotopic (exact) mass is 395 g/mol. The van der Waals surface area contributed by atoms with Gasteiger partial charge in [-0.05, 0) is 37.6 Å². The Balaban J connectivity index is 1.78. The Morgan fingerprint density at radius 1 is 1.32 bits per heavy atom. The van der Waals surface area contributed by atoms with Gasteiger partial charge in [0, 0.05) is 18.9 Å². The van der Waals surface area contributed by atoms with Gasteiger partial charge in [-0.2, -0.15) is 0 Å². The number of furan rings is 1. The summed E-state index contributed by atoms with van der Waals surface area (Å²) in [5.74, 6) is -1.18. The molecular formula is C20H17N3O4S. The molecule has 0 fully saturated rings. The van der Waals surface area contributed by atoms with E-state index in [1.807, 2.05) is 6.07 Å². The lowest BCUT2D eigenvalue weighted by atomic mass is 9.99. The molecule has 1 aliphatic rings. The number of carbonyl (C=O) groups excluding carboxylic acids is 2. The van der Waals surface area contributed by atoms with Gasteiger partial charge in [0.1, 0.15) is 11.8 Å². The van der Waals surface area contributed by atoms with Crippen LogP contribution in [0.25, 0.3) is 0 Å². The van der Waals surface area contributed by atoms with Crippen LogP contribution in [0.1, 0.15) is 37.7 Å². The van der Waals surface area contributed by atoms with E-state index in [1.54, 1.807) is 44.4 Å². The number of rotatable bonds is 5. The maximum absolute atomic E-state index is 13.3. The first kappa shape index (κ1) is 18.1. The number of hydrogen-bond acceptors (Lipinski definition) is 7. The number of aliphatic hydroxyl groups is 1. The van der Waals surface area contributed by atoms with E-state index in [-0.39, 0.29) is 12.1 Å². The minimum absolute atomic E-state index is 0.00981.